The second-order valence-electron chi connectivity index (χ2n) is 6.78. The first-order chi connectivity index (χ1) is 15.3. The molecule has 1 aromatic carbocycles. The fourth-order valence-electron chi connectivity index (χ4n) is 2.66. The highest BCUT2D eigenvalue weighted by atomic mass is 16.7. The molecule has 0 radical (unpaired) electrons. The van der Waals surface area contributed by atoms with Gasteiger partial charge in [-0.25, -0.2) is 9.59 Å². The van der Waals surface area contributed by atoms with E-state index in [4.69, 9.17) is 29.4 Å². The number of hydrogen-bond acceptors (Lipinski definition) is 10. The van der Waals surface area contributed by atoms with Crippen LogP contribution >= 0.6 is 0 Å². The van der Waals surface area contributed by atoms with E-state index in [0.29, 0.717) is 42.1 Å². The number of carbonyl (C=O) groups excluding carboxylic acids is 3. The first kappa shape index (κ1) is 26.9. The van der Waals surface area contributed by atoms with Gasteiger partial charge in [-0.1, -0.05) is 13.8 Å². The molecule has 0 saturated carbocycles. The molecule has 0 spiro atoms. The number of rotatable bonds is 14. The van der Waals surface area contributed by atoms with Crippen LogP contribution in [0.2, 0.25) is 0 Å². The Bertz CT molecular complexity index is 728. The molecule has 0 fully saturated rings. The standard InChI is InChI=1S/C22H34N2O8/c1-5-10-29-21(26)31-12-8-24(9-13-32-22(27)30-11-6-2)19-15-17(16(4)25)14-18(23)20(19)28-7-3/h14-15H,5-13,23H2,1-4H3. The van der Waals surface area contributed by atoms with E-state index in [0.717, 1.165) is 0 Å². The van der Waals surface area contributed by atoms with E-state index in [1.807, 2.05) is 20.8 Å². The zero-order valence-corrected chi connectivity index (χ0v) is 19.3. The largest absolute Gasteiger partial charge is 0.508 e. The highest BCUT2D eigenvalue weighted by molar-refractivity contribution is 5.97. The molecule has 10 nitrogen and oxygen atoms in total. The fraction of sp³-hybridized carbons (Fsp3) is 0.591. The molecule has 0 aromatic heterocycles. The maximum atomic E-state index is 12.0. The van der Waals surface area contributed by atoms with Crippen LogP contribution in [0.5, 0.6) is 5.75 Å². The lowest BCUT2D eigenvalue weighted by Gasteiger charge is -2.27. The molecule has 0 bridgehead atoms. The first-order valence-corrected chi connectivity index (χ1v) is 10.7. The third-order valence-electron chi connectivity index (χ3n) is 4.14. The van der Waals surface area contributed by atoms with Crippen molar-refractivity contribution >= 4 is 29.5 Å². The Hall–Kier alpha value is -3.17. The second-order valence-corrected chi connectivity index (χ2v) is 6.78. The molecule has 0 saturated heterocycles. The molecule has 32 heavy (non-hydrogen) atoms. The normalized spacial score (nSPS) is 10.2. The van der Waals surface area contributed by atoms with E-state index in [2.05, 4.69) is 0 Å². The van der Waals surface area contributed by atoms with Crippen LogP contribution in [0.3, 0.4) is 0 Å². The van der Waals surface area contributed by atoms with Crippen LogP contribution < -0.4 is 15.4 Å². The van der Waals surface area contributed by atoms with Crippen LogP contribution in [-0.4, -0.2) is 64.2 Å². The molecular weight excluding hydrogens is 420 g/mol. The summed E-state index contributed by atoms with van der Waals surface area (Å²) in [7, 11) is 0. The SMILES string of the molecule is CCCOC(=O)OCCN(CCOC(=O)OCCC)c1cc(C(C)=O)cc(N)c1OCC. The number of ketones is 1. The van der Waals surface area contributed by atoms with Crippen LogP contribution in [-0.2, 0) is 18.9 Å². The molecule has 1 aromatic rings. The zero-order valence-electron chi connectivity index (χ0n) is 19.3. The minimum atomic E-state index is -0.770. The number of hydrogen-bond donors (Lipinski definition) is 1. The van der Waals surface area contributed by atoms with E-state index in [1.54, 1.807) is 17.0 Å². The van der Waals surface area contributed by atoms with E-state index >= 15 is 0 Å². The van der Waals surface area contributed by atoms with Crippen LogP contribution in [0.1, 0.15) is 50.9 Å². The summed E-state index contributed by atoms with van der Waals surface area (Å²) in [6, 6.07) is 3.20. The summed E-state index contributed by atoms with van der Waals surface area (Å²) in [5.74, 6) is 0.222. The molecule has 180 valence electrons. The van der Waals surface area contributed by atoms with Crippen molar-refractivity contribution in [3.8, 4) is 5.75 Å². The predicted molar refractivity (Wildman–Crippen MR) is 119 cm³/mol. The Kier molecular flexibility index (Phi) is 12.4. The number of anilines is 2. The Labute approximate surface area is 188 Å². The van der Waals surface area contributed by atoms with Gasteiger partial charge in [0.2, 0.25) is 0 Å². The van der Waals surface area contributed by atoms with Crippen molar-refractivity contribution in [3.05, 3.63) is 17.7 Å². The highest BCUT2D eigenvalue weighted by Crippen LogP contribution is 2.36. The van der Waals surface area contributed by atoms with Crippen LogP contribution in [0.15, 0.2) is 12.1 Å². The van der Waals surface area contributed by atoms with Crippen molar-refractivity contribution < 1.29 is 38.1 Å². The van der Waals surface area contributed by atoms with Gasteiger partial charge in [0.1, 0.15) is 13.2 Å². The van der Waals surface area contributed by atoms with Crippen LogP contribution in [0.25, 0.3) is 0 Å². The maximum absolute atomic E-state index is 12.0. The summed E-state index contributed by atoms with van der Waals surface area (Å²) in [5, 5.41) is 0. The summed E-state index contributed by atoms with van der Waals surface area (Å²) < 4.78 is 25.7. The number of nitrogens with two attached hydrogens (primary N) is 1. The lowest BCUT2D eigenvalue weighted by atomic mass is 10.1. The van der Waals surface area contributed by atoms with Gasteiger partial charge in [-0.3, -0.25) is 4.79 Å². The van der Waals surface area contributed by atoms with Gasteiger partial charge in [-0.05, 0) is 38.8 Å². The fourth-order valence-corrected chi connectivity index (χ4v) is 2.66. The molecule has 0 atom stereocenters. The van der Waals surface area contributed by atoms with Crippen LogP contribution in [0.4, 0.5) is 21.0 Å². The van der Waals surface area contributed by atoms with Crippen molar-refractivity contribution in [2.24, 2.45) is 0 Å². The number of benzene rings is 1. The molecule has 1 rings (SSSR count). The van der Waals surface area contributed by atoms with E-state index in [9.17, 15) is 14.4 Å². The predicted octanol–water partition coefficient (Wildman–Crippen LogP) is 3.80. The third kappa shape index (κ3) is 9.32. The van der Waals surface area contributed by atoms with Crippen molar-refractivity contribution in [1.82, 2.24) is 0 Å². The van der Waals surface area contributed by atoms with E-state index in [1.165, 1.54) is 6.92 Å². The van der Waals surface area contributed by atoms with Crippen molar-refractivity contribution in [1.29, 1.82) is 0 Å². The minimum absolute atomic E-state index is 0.00139. The Morgan fingerprint density at radius 3 is 1.78 bits per heavy atom. The molecular formula is C22H34N2O8. The lowest BCUT2D eigenvalue weighted by Crippen LogP contribution is -2.33. The molecule has 0 heterocycles. The molecule has 0 aliphatic rings. The Balaban J connectivity index is 3.03. The van der Waals surface area contributed by atoms with Crippen molar-refractivity contribution in [3.63, 3.8) is 0 Å². The summed E-state index contributed by atoms with van der Waals surface area (Å²) in [6.45, 7) is 8.32. The number of nitrogens with zero attached hydrogens (tertiary/aromatic N) is 1. The molecule has 10 heteroatoms. The average molecular weight is 455 g/mol. The average Bonchev–Trinajstić information content (AvgIpc) is 2.76. The molecule has 2 N–H and O–H groups in total. The summed E-state index contributed by atoms with van der Waals surface area (Å²) in [5.41, 5.74) is 7.35. The van der Waals surface area contributed by atoms with Gasteiger partial charge in [0.15, 0.2) is 11.5 Å². The van der Waals surface area contributed by atoms with E-state index in [-0.39, 0.29) is 45.3 Å². The Morgan fingerprint density at radius 2 is 1.34 bits per heavy atom. The molecule has 0 unspecified atom stereocenters. The quantitative estimate of drug-likeness (QED) is 0.252. The van der Waals surface area contributed by atoms with Gasteiger partial charge < -0.3 is 34.3 Å². The second kappa shape index (κ2) is 14.8. The number of carbonyl (C=O) groups is 3. The van der Waals surface area contributed by atoms with Crippen LogP contribution in [0, 0.1) is 0 Å². The Morgan fingerprint density at radius 1 is 0.844 bits per heavy atom. The maximum Gasteiger partial charge on any atom is 0.508 e. The van der Waals surface area contributed by atoms with Gasteiger partial charge in [-0.15, -0.1) is 0 Å². The molecule has 0 amide bonds. The zero-order chi connectivity index (χ0) is 23.9. The van der Waals surface area contributed by atoms with E-state index < -0.39 is 12.3 Å². The monoisotopic (exact) mass is 454 g/mol. The summed E-state index contributed by atoms with van der Waals surface area (Å²) in [4.78, 5) is 37.0. The summed E-state index contributed by atoms with van der Waals surface area (Å²) >= 11 is 0. The lowest BCUT2D eigenvalue weighted by molar-refractivity contribution is 0.0545. The van der Waals surface area contributed by atoms with Gasteiger partial charge in [0, 0.05) is 5.56 Å². The van der Waals surface area contributed by atoms with Gasteiger partial charge in [-0.2, -0.15) is 0 Å². The number of Topliss-reactive ketones (excluding diaryl/α,β-unsaturated/α-hetero) is 1. The van der Waals surface area contributed by atoms with Crippen molar-refractivity contribution in [2.75, 3.05) is 56.8 Å². The van der Waals surface area contributed by atoms with Gasteiger partial charge in [0.05, 0.1) is 44.3 Å². The minimum Gasteiger partial charge on any atom is -0.490 e. The molecule has 0 aliphatic heterocycles. The topological polar surface area (TPSA) is 127 Å². The van der Waals surface area contributed by atoms with Crippen molar-refractivity contribution in [2.45, 2.75) is 40.5 Å². The molecule has 0 aliphatic carbocycles. The number of nitrogen functional groups attached to an aromatic ring is 1. The third-order valence-corrected chi connectivity index (χ3v) is 4.14. The first-order valence-electron chi connectivity index (χ1n) is 10.7. The summed E-state index contributed by atoms with van der Waals surface area (Å²) in [6.07, 6.45) is -0.176. The van der Waals surface area contributed by atoms with Gasteiger partial charge >= 0.3 is 12.3 Å². The smallest absolute Gasteiger partial charge is 0.490 e. The van der Waals surface area contributed by atoms with Gasteiger partial charge in [0.25, 0.3) is 0 Å². The number of ether oxygens (including phenoxy) is 5. The highest BCUT2D eigenvalue weighted by Gasteiger charge is 2.19.